The number of amides is 1. The minimum atomic E-state index is -0.486. The molecule has 164 valence electrons. The van der Waals surface area contributed by atoms with Gasteiger partial charge in [-0.05, 0) is 37.1 Å². The van der Waals surface area contributed by atoms with E-state index in [2.05, 4.69) is 4.98 Å². The Morgan fingerprint density at radius 2 is 2.03 bits per heavy atom. The maximum atomic E-state index is 13.4. The number of carbonyl (C=O) groups is 1. The van der Waals surface area contributed by atoms with Crippen LogP contribution in [0.5, 0.6) is 5.75 Å². The van der Waals surface area contributed by atoms with Crippen LogP contribution in [-0.4, -0.2) is 39.0 Å². The van der Waals surface area contributed by atoms with E-state index in [1.54, 1.807) is 24.5 Å². The van der Waals surface area contributed by atoms with E-state index in [-0.39, 0.29) is 11.6 Å². The molecule has 0 bridgehead atoms. The third-order valence-electron chi connectivity index (χ3n) is 5.07. The first-order valence-electron chi connectivity index (χ1n) is 9.94. The molecule has 2 aromatic carbocycles. The van der Waals surface area contributed by atoms with E-state index in [4.69, 9.17) is 9.72 Å². The third-order valence-corrected chi connectivity index (χ3v) is 6.28. The molecular formula is C22H21N5O4S. The van der Waals surface area contributed by atoms with Gasteiger partial charge in [0.05, 0.1) is 23.1 Å². The molecule has 2 heterocycles. The van der Waals surface area contributed by atoms with E-state index >= 15 is 0 Å². The number of nitro benzene ring substituents is 1. The molecule has 0 spiro atoms. The number of thiazole rings is 1. The summed E-state index contributed by atoms with van der Waals surface area (Å²) in [5.41, 5.74) is 2.06. The summed E-state index contributed by atoms with van der Waals surface area (Å²) in [5.74, 6) is 0.385. The average Bonchev–Trinajstić information content (AvgIpc) is 3.47. The number of aromatic nitrogens is 3. The zero-order valence-corrected chi connectivity index (χ0v) is 18.4. The molecule has 9 nitrogen and oxygen atoms in total. The van der Waals surface area contributed by atoms with Crippen LogP contribution in [0.25, 0.3) is 10.2 Å². The highest BCUT2D eigenvalue weighted by Gasteiger charge is 2.23. The molecular weight excluding hydrogens is 430 g/mol. The second-order valence-corrected chi connectivity index (χ2v) is 8.15. The minimum Gasteiger partial charge on any atom is -0.494 e. The van der Waals surface area contributed by atoms with Gasteiger partial charge in [-0.2, -0.15) is 0 Å². The molecule has 0 radical (unpaired) electrons. The number of aryl methyl sites for hydroxylation is 2. The number of methoxy groups -OCH3 is 1. The Morgan fingerprint density at radius 3 is 2.69 bits per heavy atom. The molecule has 0 unspecified atom stereocenters. The van der Waals surface area contributed by atoms with Crippen molar-refractivity contribution in [1.82, 2.24) is 14.5 Å². The molecule has 0 saturated carbocycles. The summed E-state index contributed by atoms with van der Waals surface area (Å²) in [6.07, 6.45) is 5.99. The monoisotopic (exact) mass is 451 g/mol. The number of ether oxygens (including phenoxy) is 1. The van der Waals surface area contributed by atoms with Crippen LogP contribution in [0.3, 0.4) is 0 Å². The van der Waals surface area contributed by atoms with Gasteiger partial charge in [0.15, 0.2) is 5.13 Å². The third kappa shape index (κ3) is 4.30. The number of fused-ring (bicyclic) bond motifs is 1. The van der Waals surface area contributed by atoms with Gasteiger partial charge in [-0.1, -0.05) is 17.4 Å². The highest BCUT2D eigenvalue weighted by Crippen LogP contribution is 2.37. The number of anilines is 1. The van der Waals surface area contributed by atoms with Gasteiger partial charge in [0, 0.05) is 43.2 Å². The van der Waals surface area contributed by atoms with Crippen LogP contribution < -0.4 is 9.64 Å². The number of rotatable bonds is 8. The van der Waals surface area contributed by atoms with Crippen molar-refractivity contribution in [2.45, 2.75) is 19.9 Å². The maximum absolute atomic E-state index is 13.4. The quantitative estimate of drug-likeness (QED) is 0.289. The van der Waals surface area contributed by atoms with Crippen molar-refractivity contribution in [1.29, 1.82) is 0 Å². The van der Waals surface area contributed by atoms with Gasteiger partial charge in [0.1, 0.15) is 11.3 Å². The van der Waals surface area contributed by atoms with Crippen molar-refractivity contribution in [3.63, 3.8) is 0 Å². The Hall–Kier alpha value is -3.79. The molecule has 4 aromatic rings. The summed E-state index contributed by atoms with van der Waals surface area (Å²) in [6.45, 7) is 3.11. The number of benzene rings is 2. The Kier molecular flexibility index (Phi) is 6.13. The summed E-state index contributed by atoms with van der Waals surface area (Å²) in [5, 5.41) is 11.5. The lowest BCUT2D eigenvalue weighted by molar-refractivity contribution is -0.384. The second kappa shape index (κ2) is 9.15. The zero-order valence-electron chi connectivity index (χ0n) is 17.6. The Bertz CT molecular complexity index is 1250. The van der Waals surface area contributed by atoms with Crippen LogP contribution in [0.15, 0.2) is 55.1 Å². The van der Waals surface area contributed by atoms with Crippen molar-refractivity contribution in [2.24, 2.45) is 0 Å². The Labute approximate surface area is 188 Å². The average molecular weight is 452 g/mol. The lowest BCUT2D eigenvalue weighted by Gasteiger charge is -2.20. The first-order valence-corrected chi connectivity index (χ1v) is 10.8. The highest BCUT2D eigenvalue weighted by molar-refractivity contribution is 7.22. The van der Waals surface area contributed by atoms with Crippen molar-refractivity contribution in [3.05, 3.63) is 76.4 Å². The van der Waals surface area contributed by atoms with Crippen LogP contribution in [0.1, 0.15) is 22.3 Å². The standard InChI is InChI=1S/C22H21N5O4S/c1-15-4-9-18(31-2)19-20(15)32-22(24-19)26(12-3-11-25-13-10-23-14-25)21(28)16-5-7-17(8-6-16)27(29)30/h4-10,13-14H,3,11-12H2,1-2H3. The van der Waals surface area contributed by atoms with E-state index in [0.717, 1.165) is 10.3 Å². The predicted molar refractivity (Wildman–Crippen MR) is 123 cm³/mol. The molecule has 0 fully saturated rings. The summed E-state index contributed by atoms with van der Waals surface area (Å²) in [4.78, 5) is 34.3. The molecule has 2 aromatic heterocycles. The van der Waals surface area contributed by atoms with Gasteiger partial charge in [-0.3, -0.25) is 19.8 Å². The zero-order chi connectivity index (χ0) is 22.7. The molecule has 0 aliphatic carbocycles. The molecule has 0 saturated heterocycles. The van der Waals surface area contributed by atoms with E-state index in [1.165, 1.54) is 35.6 Å². The Morgan fingerprint density at radius 1 is 1.25 bits per heavy atom. The summed E-state index contributed by atoms with van der Waals surface area (Å²) < 4.78 is 8.35. The molecule has 10 heteroatoms. The van der Waals surface area contributed by atoms with Crippen molar-refractivity contribution in [3.8, 4) is 5.75 Å². The van der Waals surface area contributed by atoms with Crippen LogP contribution in [0, 0.1) is 17.0 Å². The van der Waals surface area contributed by atoms with Crippen LogP contribution in [0.2, 0.25) is 0 Å². The van der Waals surface area contributed by atoms with Gasteiger partial charge in [0.2, 0.25) is 0 Å². The summed E-state index contributed by atoms with van der Waals surface area (Å²) in [7, 11) is 1.59. The molecule has 0 N–H and O–H groups in total. The predicted octanol–water partition coefficient (Wildman–Crippen LogP) is 4.46. The maximum Gasteiger partial charge on any atom is 0.269 e. The van der Waals surface area contributed by atoms with Crippen molar-refractivity contribution < 1.29 is 14.5 Å². The second-order valence-electron chi connectivity index (χ2n) is 7.17. The summed E-state index contributed by atoms with van der Waals surface area (Å²) in [6, 6.07) is 9.45. The topological polar surface area (TPSA) is 103 Å². The SMILES string of the molecule is COc1ccc(C)c2sc(N(CCCn3ccnc3)C(=O)c3ccc([N+](=O)[O-])cc3)nc12. The lowest BCUT2D eigenvalue weighted by atomic mass is 10.2. The lowest BCUT2D eigenvalue weighted by Crippen LogP contribution is -2.32. The highest BCUT2D eigenvalue weighted by atomic mass is 32.1. The fourth-order valence-corrected chi connectivity index (χ4v) is 4.45. The van der Waals surface area contributed by atoms with Gasteiger partial charge in [0.25, 0.3) is 11.6 Å². The van der Waals surface area contributed by atoms with Crippen LogP contribution >= 0.6 is 11.3 Å². The van der Waals surface area contributed by atoms with Crippen molar-refractivity contribution in [2.75, 3.05) is 18.6 Å². The van der Waals surface area contributed by atoms with Gasteiger partial charge in [-0.25, -0.2) is 9.97 Å². The molecule has 0 atom stereocenters. The minimum absolute atomic E-state index is 0.0615. The van der Waals surface area contributed by atoms with E-state index < -0.39 is 4.92 Å². The number of imidazole rings is 1. The Balaban J connectivity index is 1.68. The van der Waals surface area contributed by atoms with Crippen molar-refractivity contribution >= 4 is 38.3 Å². The number of nitrogens with zero attached hydrogens (tertiary/aromatic N) is 5. The van der Waals surface area contributed by atoms with Gasteiger partial charge >= 0.3 is 0 Å². The normalized spacial score (nSPS) is 10.9. The fraction of sp³-hybridized carbons (Fsp3) is 0.227. The van der Waals surface area contributed by atoms with Gasteiger partial charge < -0.3 is 9.30 Å². The first-order chi connectivity index (χ1) is 15.5. The van der Waals surface area contributed by atoms with E-state index in [1.807, 2.05) is 29.8 Å². The largest absolute Gasteiger partial charge is 0.494 e. The molecule has 0 aliphatic rings. The fourth-order valence-electron chi connectivity index (χ4n) is 3.37. The number of non-ortho nitro benzene ring substituents is 1. The summed E-state index contributed by atoms with van der Waals surface area (Å²) >= 11 is 1.43. The van der Waals surface area contributed by atoms with E-state index in [9.17, 15) is 14.9 Å². The van der Waals surface area contributed by atoms with Crippen LogP contribution in [-0.2, 0) is 6.54 Å². The molecule has 4 rings (SSSR count). The number of carbonyl (C=O) groups excluding carboxylic acids is 1. The number of nitro groups is 1. The van der Waals surface area contributed by atoms with E-state index in [0.29, 0.717) is 41.5 Å². The number of hydrogen-bond acceptors (Lipinski definition) is 7. The smallest absolute Gasteiger partial charge is 0.269 e. The van der Waals surface area contributed by atoms with Crippen LogP contribution in [0.4, 0.5) is 10.8 Å². The van der Waals surface area contributed by atoms with Gasteiger partial charge in [-0.15, -0.1) is 0 Å². The first kappa shape index (κ1) is 21.4. The molecule has 32 heavy (non-hydrogen) atoms. The molecule has 0 aliphatic heterocycles. The number of hydrogen-bond donors (Lipinski definition) is 0. The molecule has 1 amide bonds.